The number of nitro benzene ring substituents is 1. The number of anilines is 1. The molecule has 0 saturated heterocycles. The fraction of sp³-hybridized carbons (Fsp3) is 0.538. The zero-order valence-electron chi connectivity index (χ0n) is 22.4. The number of likely N-dealkylation sites (N-methyl/N-ethyl adjacent to an activating group) is 1. The molecule has 0 N–H and O–H groups in total. The minimum atomic E-state index is -0.455. The normalized spacial score (nSPS) is 11.2. The molecule has 0 amide bonds. The molecule has 0 aliphatic rings. The highest BCUT2D eigenvalue weighted by Gasteiger charge is 2.10. The van der Waals surface area contributed by atoms with E-state index >= 15 is 0 Å². The second kappa shape index (κ2) is 19.0. The summed E-state index contributed by atoms with van der Waals surface area (Å²) < 4.78 is 32.4. The van der Waals surface area contributed by atoms with E-state index in [1.54, 1.807) is 26.4 Å². The summed E-state index contributed by atoms with van der Waals surface area (Å²) in [4.78, 5) is 12.5. The Morgan fingerprint density at radius 1 is 0.789 bits per heavy atom. The molecule has 0 aromatic heterocycles. The number of hydrogen-bond donors (Lipinski definition) is 0. The van der Waals surface area contributed by atoms with Crippen LogP contribution in [0.15, 0.2) is 52.7 Å². The van der Waals surface area contributed by atoms with Crippen LogP contribution >= 0.6 is 0 Å². The van der Waals surface area contributed by atoms with Gasteiger partial charge in [0.25, 0.3) is 5.69 Å². The van der Waals surface area contributed by atoms with Gasteiger partial charge in [-0.25, -0.2) is 0 Å². The Kier molecular flexibility index (Phi) is 15.5. The van der Waals surface area contributed by atoms with Crippen molar-refractivity contribution in [3.8, 4) is 5.75 Å². The zero-order chi connectivity index (χ0) is 27.4. The van der Waals surface area contributed by atoms with Gasteiger partial charge in [-0.2, -0.15) is 5.11 Å². The van der Waals surface area contributed by atoms with Gasteiger partial charge in [-0.15, -0.1) is 5.11 Å². The average molecular weight is 535 g/mol. The number of azo groups is 1. The molecule has 0 radical (unpaired) electrons. The Morgan fingerprint density at radius 3 is 1.89 bits per heavy atom. The fourth-order valence-corrected chi connectivity index (χ4v) is 3.25. The molecule has 0 bridgehead atoms. The average Bonchev–Trinajstić information content (AvgIpc) is 2.94. The lowest BCUT2D eigenvalue weighted by molar-refractivity contribution is -0.384. The molecule has 12 heteroatoms. The number of rotatable bonds is 21. The quantitative estimate of drug-likeness (QED) is 0.0980. The monoisotopic (exact) mass is 534 g/mol. The van der Waals surface area contributed by atoms with Crippen molar-refractivity contribution in [2.75, 3.05) is 91.7 Å². The van der Waals surface area contributed by atoms with Gasteiger partial charge in [0.2, 0.25) is 0 Å². The zero-order valence-corrected chi connectivity index (χ0v) is 22.4. The van der Waals surface area contributed by atoms with Crippen molar-refractivity contribution in [2.45, 2.75) is 6.92 Å². The van der Waals surface area contributed by atoms with Gasteiger partial charge in [0.15, 0.2) is 0 Å². The minimum Gasteiger partial charge on any atom is -0.494 e. The highest BCUT2D eigenvalue weighted by molar-refractivity contribution is 5.62. The Bertz CT molecular complexity index is 959. The van der Waals surface area contributed by atoms with Crippen LogP contribution in [0.4, 0.5) is 22.7 Å². The Morgan fingerprint density at radius 2 is 1.37 bits per heavy atom. The standard InChI is InChI=1S/C26H38N4O8/c1-4-29(11-12-35-15-16-37-19-20-38-18-17-36-14-13-33-2)24-9-10-25(26(21-24)34-3)28-27-22-5-7-23(8-6-22)30(31)32/h5-10,21H,4,11-20H2,1-3H3/b28-27+. The summed E-state index contributed by atoms with van der Waals surface area (Å²) in [5.74, 6) is 0.574. The van der Waals surface area contributed by atoms with Gasteiger partial charge in [-0.05, 0) is 31.2 Å². The lowest BCUT2D eigenvalue weighted by Gasteiger charge is -2.23. The van der Waals surface area contributed by atoms with Crippen LogP contribution in [-0.4, -0.2) is 91.7 Å². The molecule has 12 nitrogen and oxygen atoms in total. The molecule has 2 aromatic rings. The number of methoxy groups -OCH3 is 2. The highest BCUT2D eigenvalue weighted by atomic mass is 16.6. The van der Waals surface area contributed by atoms with Crippen LogP contribution in [0.25, 0.3) is 0 Å². The van der Waals surface area contributed by atoms with E-state index in [0.717, 1.165) is 12.2 Å². The van der Waals surface area contributed by atoms with E-state index in [4.69, 9.17) is 28.4 Å². The predicted octanol–water partition coefficient (Wildman–Crippen LogP) is 4.56. The number of hydrogen-bond acceptors (Lipinski definition) is 11. The Labute approximate surface area is 223 Å². The van der Waals surface area contributed by atoms with Crippen molar-refractivity contribution in [3.05, 3.63) is 52.6 Å². The number of nitrogens with zero attached hydrogens (tertiary/aromatic N) is 4. The van der Waals surface area contributed by atoms with E-state index < -0.39 is 4.92 Å². The van der Waals surface area contributed by atoms with Crippen LogP contribution in [-0.2, 0) is 23.7 Å². The fourth-order valence-electron chi connectivity index (χ4n) is 3.25. The molecular formula is C26H38N4O8. The van der Waals surface area contributed by atoms with Crippen molar-refractivity contribution in [2.24, 2.45) is 10.2 Å². The maximum Gasteiger partial charge on any atom is 0.269 e. The third kappa shape index (κ3) is 11.9. The number of ether oxygens (including phenoxy) is 6. The van der Waals surface area contributed by atoms with Gasteiger partial charge >= 0.3 is 0 Å². The van der Waals surface area contributed by atoms with Crippen molar-refractivity contribution >= 4 is 22.7 Å². The molecule has 210 valence electrons. The van der Waals surface area contributed by atoms with Gasteiger partial charge in [0.05, 0.1) is 77.2 Å². The van der Waals surface area contributed by atoms with Gasteiger partial charge in [-0.3, -0.25) is 10.1 Å². The van der Waals surface area contributed by atoms with Gasteiger partial charge < -0.3 is 33.3 Å². The van der Waals surface area contributed by atoms with Gasteiger partial charge in [0, 0.05) is 44.1 Å². The number of non-ortho nitro benzene ring substituents is 1. The first-order valence-corrected chi connectivity index (χ1v) is 12.5. The second-order valence-electron chi connectivity index (χ2n) is 7.85. The number of nitro groups is 1. The minimum absolute atomic E-state index is 0.00294. The lowest BCUT2D eigenvalue weighted by Crippen LogP contribution is -2.27. The van der Waals surface area contributed by atoms with E-state index in [9.17, 15) is 10.1 Å². The van der Waals surface area contributed by atoms with E-state index in [1.165, 1.54) is 12.1 Å². The van der Waals surface area contributed by atoms with E-state index in [-0.39, 0.29) is 5.69 Å². The molecule has 0 aliphatic heterocycles. The van der Waals surface area contributed by atoms with E-state index in [2.05, 4.69) is 22.1 Å². The van der Waals surface area contributed by atoms with Crippen molar-refractivity contribution < 1.29 is 33.3 Å². The molecule has 2 rings (SSSR count). The molecule has 38 heavy (non-hydrogen) atoms. The summed E-state index contributed by atoms with van der Waals surface area (Å²) in [7, 11) is 3.21. The van der Waals surface area contributed by atoms with Crippen LogP contribution in [0.5, 0.6) is 5.75 Å². The van der Waals surface area contributed by atoms with Crippen molar-refractivity contribution in [1.29, 1.82) is 0 Å². The first-order valence-electron chi connectivity index (χ1n) is 12.5. The molecule has 0 fully saturated rings. The predicted molar refractivity (Wildman–Crippen MR) is 143 cm³/mol. The van der Waals surface area contributed by atoms with E-state index in [0.29, 0.717) is 83.1 Å². The lowest BCUT2D eigenvalue weighted by atomic mass is 10.2. The van der Waals surface area contributed by atoms with Crippen LogP contribution in [0.1, 0.15) is 6.92 Å². The highest BCUT2D eigenvalue weighted by Crippen LogP contribution is 2.33. The van der Waals surface area contributed by atoms with Crippen LogP contribution in [0, 0.1) is 10.1 Å². The molecule has 0 atom stereocenters. The first-order chi connectivity index (χ1) is 18.6. The van der Waals surface area contributed by atoms with E-state index in [1.807, 2.05) is 18.2 Å². The maximum atomic E-state index is 10.8. The van der Waals surface area contributed by atoms with Crippen LogP contribution in [0.2, 0.25) is 0 Å². The molecule has 2 aromatic carbocycles. The third-order valence-electron chi connectivity index (χ3n) is 5.30. The first kappa shape index (κ1) is 31.1. The molecule has 0 aliphatic carbocycles. The molecular weight excluding hydrogens is 496 g/mol. The van der Waals surface area contributed by atoms with Crippen molar-refractivity contribution in [3.63, 3.8) is 0 Å². The summed E-state index contributed by atoms with van der Waals surface area (Å²) in [6.45, 7) is 8.38. The maximum absolute atomic E-state index is 10.8. The summed E-state index contributed by atoms with van der Waals surface area (Å²) in [5, 5.41) is 19.2. The number of benzene rings is 2. The summed E-state index contributed by atoms with van der Waals surface area (Å²) >= 11 is 0. The molecule has 0 saturated carbocycles. The molecule has 0 spiro atoms. The van der Waals surface area contributed by atoms with Gasteiger partial charge in [0.1, 0.15) is 11.4 Å². The Hall–Kier alpha value is -3.16. The second-order valence-corrected chi connectivity index (χ2v) is 7.85. The third-order valence-corrected chi connectivity index (χ3v) is 5.30. The largest absolute Gasteiger partial charge is 0.494 e. The van der Waals surface area contributed by atoms with Crippen LogP contribution < -0.4 is 9.64 Å². The van der Waals surface area contributed by atoms with Gasteiger partial charge in [-0.1, -0.05) is 0 Å². The SMILES string of the molecule is CCN(CCOCCOCCOCCOCCOC)c1ccc(/N=N/c2ccc([N+](=O)[O-])cc2)c(OC)c1. The molecule has 0 heterocycles. The molecule has 0 unspecified atom stereocenters. The topological polar surface area (TPSA) is 126 Å². The van der Waals surface area contributed by atoms with Crippen LogP contribution in [0.3, 0.4) is 0 Å². The summed E-state index contributed by atoms with van der Waals surface area (Å²) in [5.41, 5.74) is 2.04. The summed E-state index contributed by atoms with van der Waals surface area (Å²) in [6.07, 6.45) is 0. The summed E-state index contributed by atoms with van der Waals surface area (Å²) in [6, 6.07) is 11.5. The Balaban J connectivity index is 1.69. The van der Waals surface area contributed by atoms with Crippen molar-refractivity contribution in [1.82, 2.24) is 0 Å². The smallest absolute Gasteiger partial charge is 0.269 e.